The quantitative estimate of drug-likeness (QED) is 0.777. The third-order valence-electron chi connectivity index (χ3n) is 5.58. The van der Waals surface area contributed by atoms with Crippen molar-refractivity contribution in [3.8, 4) is 5.75 Å². The van der Waals surface area contributed by atoms with Crippen LogP contribution >= 0.6 is 0 Å². The molecular formula is C21H35N3O2. The van der Waals surface area contributed by atoms with Crippen molar-refractivity contribution < 1.29 is 9.47 Å². The first-order valence-electron chi connectivity index (χ1n) is 9.91. The molecule has 146 valence electrons. The van der Waals surface area contributed by atoms with Crippen LogP contribution in [-0.4, -0.2) is 82.0 Å². The lowest BCUT2D eigenvalue weighted by Crippen LogP contribution is -2.55. The zero-order chi connectivity index (χ0) is 18.6. The Morgan fingerprint density at radius 3 is 2.50 bits per heavy atom. The molecular weight excluding hydrogens is 326 g/mol. The van der Waals surface area contributed by atoms with Crippen LogP contribution < -0.4 is 9.64 Å². The molecule has 0 unspecified atom stereocenters. The molecule has 2 heterocycles. The number of rotatable bonds is 6. The van der Waals surface area contributed by atoms with Crippen LogP contribution in [0.3, 0.4) is 0 Å². The van der Waals surface area contributed by atoms with Gasteiger partial charge in [-0.05, 0) is 24.5 Å². The lowest BCUT2D eigenvalue weighted by Gasteiger charge is -2.45. The summed E-state index contributed by atoms with van der Waals surface area (Å²) in [5, 5.41) is 0. The predicted molar refractivity (Wildman–Crippen MR) is 107 cm³/mol. The van der Waals surface area contributed by atoms with Gasteiger partial charge in [0.25, 0.3) is 0 Å². The van der Waals surface area contributed by atoms with Crippen molar-refractivity contribution in [3.05, 3.63) is 24.3 Å². The van der Waals surface area contributed by atoms with E-state index in [2.05, 4.69) is 53.7 Å². The summed E-state index contributed by atoms with van der Waals surface area (Å²) in [5.74, 6) is 0.973. The van der Waals surface area contributed by atoms with Crippen LogP contribution in [0.25, 0.3) is 0 Å². The van der Waals surface area contributed by atoms with Crippen molar-refractivity contribution in [3.63, 3.8) is 0 Å². The molecule has 1 atom stereocenters. The molecule has 1 aromatic carbocycles. The fourth-order valence-electron chi connectivity index (χ4n) is 4.30. The van der Waals surface area contributed by atoms with Gasteiger partial charge in [-0.15, -0.1) is 0 Å². The summed E-state index contributed by atoms with van der Waals surface area (Å²) in [5.41, 5.74) is 1.51. The molecule has 0 radical (unpaired) electrons. The number of para-hydroxylation sites is 2. The monoisotopic (exact) mass is 361 g/mol. The molecule has 2 saturated heterocycles. The maximum absolute atomic E-state index is 5.55. The van der Waals surface area contributed by atoms with E-state index in [1.54, 1.807) is 7.11 Å². The van der Waals surface area contributed by atoms with Crippen LogP contribution in [0.4, 0.5) is 5.69 Å². The highest BCUT2D eigenvalue weighted by Gasteiger charge is 2.31. The Morgan fingerprint density at radius 1 is 1.08 bits per heavy atom. The molecule has 0 bridgehead atoms. The van der Waals surface area contributed by atoms with Gasteiger partial charge in [0, 0.05) is 51.9 Å². The molecule has 2 aliphatic rings. The smallest absolute Gasteiger partial charge is 0.142 e. The van der Waals surface area contributed by atoms with Crippen molar-refractivity contribution >= 4 is 5.69 Å². The maximum Gasteiger partial charge on any atom is 0.142 e. The first-order valence-corrected chi connectivity index (χ1v) is 9.91. The summed E-state index contributed by atoms with van der Waals surface area (Å²) in [7, 11) is 1.76. The maximum atomic E-state index is 5.55. The molecule has 3 rings (SSSR count). The normalized spacial score (nSPS) is 23.2. The lowest BCUT2D eigenvalue weighted by molar-refractivity contribution is 0.0115. The number of ether oxygens (including phenoxy) is 2. The van der Waals surface area contributed by atoms with Crippen LogP contribution in [0.2, 0.25) is 0 Å². The molecule has 0 amide bonds. The number of nitrogens with zero attached hydrogens (tertiary/aromatic N) is 3. The van der Waals surface area contributed by atoms with Crippen LogP contribution in [0.15, 0.2) is 24.3 Å². The molecule has 2 aliphatic heterocycles. The standard InChI is InChI=1S/C21H35N3O2/c1-18-15-23(19-7-5-6-8-20(19)25-4)9-10-24(18)17-21(2,3)16-22-11-13-26-14-12-22/h5-8,18H,9-17H2,1-4H3/t18-/m0/s1. The fraction of sp³-hybridized carbons (Fsp3) is 0.714. The number of methoxy groups -OCH3 is 1. The highest BCUT2D eigenvalue weighted by atomic mass is 16.5. The van der Waals surface area contributed by atoms with Gasteiger partial charge in [0.2, 0.25) is 0 Å². The lowest BCUT2D eigenvalue weighted by atomic mass is 9.90. The van der Waals surface area contributed by atoms with Crippen molar-refractivity contribution in [1.29, 1.82) is 0 Å². The van der Waals surface area contributed by atoms with Gasteiger partial charge in [-0.3, -0.25) is 9.80 Å². The second-order valence-corrected chi connectivity index (χ2v) is 8.49. The van der Waals surface area contributed by atoms with Crippen molar-refractivity contribution in [2.24, 2.45) is 5.41 Å². The van der Waals surface area contributed by atoms with Crippen molar-refractivity contribution in [1.82, 2.24) is 9.80 Å². The minimum Gasteiger partial charge on any atom is -0.495 e. The molecule has 0 aromatic heterocycles. The van der Waals surface area contributed by atoms with E-state index in [-0.39, 0.29) is 5.41 Å². The molecule has 2 fully saturated rings. The summed E-state index contributed by atoms with van der Waals surface area (Å²) < 4.78 is 11.0. The van der Waals surface area contributed by atoms with E-state index in [0.717, 1.165) is 64.8 Å². The third kappa shape index (κ3) is 4.90. The molecule has 5 nitrogen and oxygen atoms in total. The fourth-order valence-corrected chi connectivity index (χ4v) is 4.30. The van der Waals surface area contributed by atoms with Crippen LogP contribution in [0.5, 0.6) is 5.75 Å². The van der Waals surface area contributed by atoms with Crippen molar-refractivity contribution in [2.45, 2.75) is 26.8 Å². The zero-order valence-corrected chi connectivity index (χ0v) is 16.9. The number of benzene rings is 1. The van der Waals surface area contributed by atoms with Gasteiger partial charge < -0.3 is 14.4 Å². The molecule has 0 aliphatic carbocycles. The first-order chi connectivity index (χ1) is 12.5. The average Bonchev–Trinajstić information content (AvgIpc) is 2.63. The van der Waals surface area contributed by atoms with Crippen LogP contribution in [0.1, 0.15) is 20.8 Å². The Hall–Kier alpha value is -1.30. The minimum absolute atomic E-state index is 0.290. The Morgan fingerprint density at radius 2 is 1.81 bits per heavy atom. The van der Waals surface area contributed by atoms with Crippen LogP contribution in [-0.2, 0) is 4.74 Å². The predicted octanol–water partition coefficient (Wildman–Crippen LogP) is 2.56. The number of hydrogen-bond acceptors (Lipinski definition) is 5. The van der Waals surface area contributed by atoms with Gasteiger partial charge in [0.1, 0.15) is 5.75 Å². The number of morpholine rings is 1. The van der Waals surface area contributed by atoms with E-state index in [0.29, 0.717) is 6.04 Å². The Labute approximate surface area is 158 Å². The van der Waals surface area contributed by atoms with Gasteiger partial charge in [0.15, 0.2) is 0 Å². The third-order valence-corrected chi connectivity index (χ3v) is 5.58. The largest absolute Gasteiger partial charge is 0.495 e. The summed E-state index contributed by atoms with van der Waals surface area (Å²) in [6.07, 6.45) is 0. The van der Waals surface area contributed by atoms with Crippen molar-refractivity contribution in [2.75, 3.05) is 71.0 Å². The number of anilines is 1. The molecule has 0 saturated carbocycles. The number of hydrogen-bond donors (Lipinski definition) is 0. The van der Waals surface area contributed by atoms with E-state index in [1.165, 1.54) is 5.69 Å². The van der Waals surface area contributed by atoms with Gasteiger partial charge in [-0.1, -0.05) is 26.0 Å². The highest BCUT2D eigenvalue weighted by Crippen LogP contribution is 2.30. The van der Waals surface area contributed by atoms with Gasteiger partial charge >= 0.3 is 0 Å². The SMILES string of the molecule is COc1ccccc1N1CCN(CC(C)(C)CN2CCOCC2)[C@@H](C)C1. The van der Waals surface area contributed by atoms with E-state index < -0.39 is 0 Å². The number of piperazine rings is 1. The summed E-state index contributed by atoms with van der Waals surface area (Å²) in [4.78, 5) is 7.68. The van der Waals surface area contributed by atoms with Crippen LogP contribution in [0, 0.1) is 5.41 Å². The molecule has 26 heavy (non-hydrogen) atoms. The molecule has 5 heteroatoms. The van der Waals surface area contributed by atoms with Gasteiger partial charge in [0.05, 0.1) is 26.0 Å². The summed E-state index contributed by atoms with van der Waals surface area (Å²) in [6, 6.07) is 8.90. The molecule has 0 spiro atoms. The second kappa shape index (κ2) is 8.59. The van der Waals surface area contributed by atoms with E-state index in [9.17, 15) is 0 Å². The van der Waals surface area contributed by atoms with Gasteiger partial charge in [-0.25, -0.2) is 0 Å². The Bertz CT molecular complexity index is 572. The molecule has 1 aromatic rings. The Balaban J connectivity index is 1.56. The summed E-state index contributed by atoms with van der Waals surface area (Å²) >= 11 is 0. The Kier molecular flexibility index (Phi) is 6.43. The highest BCUT2D eigenvalue weighted by molar-refractivity contribution is 5.58. The minimum atomic E-state index is 0.290. The van der Waals surface area contributed by atoms with E-state index in [1.807, 2.05) is 6.07 Å². The second-order valence-electron chi connectivity index (χ2n) is 8.49. The average molecular weight is 362 g/mol. The van der Waals surface area contributed by atoms with Gasteiger partial charge in [-0.2, -0.15) is 0 Å². The first kappa shape index (κ1) is 19.5. The molecule has 0 N–H and O–H groups in total. The van der Waals surface area contributed by atoms with E-state index in [4.69, 9.17) is 9.47 Å². The zero-order valence-electron chi connectivity index (χ0n) is 16.9. The topological polar surface area (TPSA) is 28.2 Å². The summed E-state index contributed by atoms with van der Waals surface area (Å²) in [6.45, 7) is 16.6. The van der Waals surface area contributed by atoms with E-state index >= 15 is 0 Å².